The maximum atomic E-state index is 12.6. The zero-order valence-electron chi connectivity index (χ0n) is 17.3. The van der Waals surface area contributed by atoms with E-state index < -0.39 is 10.0 Å². The number of benzene rings is 2. The van der Waals surface area contributed by atoms with E-state index in [1.807, 2.05) is 19.1 Å². The van der Waals surface area contributed by atoms with Crippen molar-refractivity contribution in [3.63, 3.8) is 0 Å². The van der Waals surface area contributed by atoms with Crippen LogP contribution in [-0.4, -0.2) is 30.8 Å². The highest BCUT2D eigenvalue weighted by atomic mass is 32.2. The highest BCUT2D eigenvalue weighted by Gasteiger charge is 2.18. The summed E-state index contributed by atoms with van der Waals surface area (Å²) in [4.78, 5) is 29.3. The van der Waals surface area contributed by atoms with Crippen molar-refractivity contribution in [3.05, 3.63) is 63.6 Å². The molecule has 4 N–H and O–H groups in total. The molecule has 0 aliphatic heterocycles. The summed E-state index contributed by atoms with van der Waals surface area (Å²) in [7, 11) is -3.66. The Bertz CT molecular complexity index is 1280. The number of H-pyrrole nitrogens is 2. The standard InChI is InChI=1S/C22H26N4O4S/c1-14(16-7-9-19-20(13-16)26-22(28)25-19)24-21(27)10-11-23-31(29,30)18-8-6-15-4-2-3-5-17(15)12-18/h6-9,12-14,23H,2-5,10-11H2,1H3,(H,24,27)(H2,25,26,28)/t14-/m0/s1. The lowest BCUT2D eigenvalue weighted by Gasteiger charge is -2.17. The smallest absolute Gasteiger partial charge is 0.323 e. The predicted molar refractivity (Wildman–Crippen MR) is 118 cm³/mol. The summed E-state index contributed by atoms with van der Waals surface area (Å²) in [6.07, 6.45) is 4.14. The number of carbonyl (C=O) groups is 1. The molecule has 1 amide bonds. The lowest BCUT2D eigenvalue weighted by atomic mass is 9.92. The zero-order chi connectivity index (χ0) is 22.0. The van der Waals surface area contributed by atoms with Crippen molar-refractivity contribution in [1.82, 2.24) is 20.0 Å². The molecule has 1 atom stereocenters. The van der Waals surface area contributed by atoms with Crippen LogP contribution in [-0.2, 0) is 27.7 Å². The van der Waals surface area contributed by atoms with Crippen molar-refractivity contribution >= 4 is 27.0 Å². The first-order valence-electron chi connectivity index (χ1n) is 10.4. The van der Waals surface area contributed by atoms with E-state index in [4.69, 9.17) is 0 Å². The molecular formula is C22H26N4O4S. The summed E-state index contributed by atoms with van der Waals surface area (Å²) < 4.78 is 27.7. The molecule has 0 unspecified atom stereocenters. The highest BCUT2D eigenvalue weighted by Crippen LogP contribution is 2.24. The molecule has 0 radical (unpaired) electrons. The van der Waals surface area contributed by atoms with Crippen molar-refractivity contribution in [2.24, 2.45) is 0 Å². The number of rotatable bonds is 7. The minimum Gasteiger partial charge on any atom is -0.350 e. The molecule has 9 heteroatoms. The van der Waals surface area contributed by atoms with Gasteiger partial charge in [0.15, 0.2) is 0 Å². The summed E-state index contributed by atoms with van der Waals surface area (Å²) >= 11 is 0. The second-order valence-electron chi connectivity index (χ2n) is 7.96. The van der Waals surface area contributed by atoms with Crippen LogP contribution >= 0.6 is 0 Å². The van der Waals surface area contributed by atoms with Crippen LogP contribution in [0, 0.1) is 0 Å². The molecule has 1 heterocycles. The molecule has 31 heavy (non-hydrogen) atoms. The molecule has 0 bridgehead atoms. The first kappa shape index (κ1) is 21.3. The van der Waals surface area contributed by atoms with Gasteiger partial charge in [0.25, 0.3) is 0 Å². The minimum absolute atomic E-state index is 0.0160. The number of sulfonamides is 1. The maximum Gasteiger partial charge on any atom is 0.323 e. The van der Waals surface area contributed by atoms with E-state index in [-0.39, 0.29) is 35.5 Å². The molecular weight excluding hydrogens is 416 g/mol. The van der Waals surface area contributed by atoms with E-state index in [0.29, 0.717) is 11.0 Å². The van der Waals surface area contributed by atoms with Crippen LogP contribution in [0.25, 0.3) is 11.0 Å². The fourth-order valence-corrected chi connectivity index (χ4v) is 5.06. The Morgan fingerprint density at radius 1 is 1.03 bits per heavy atom. The number of carbonyl (C=O) groups excluding carboxylic acids is 1. The topological polar surface area (TPSA) is 124 Å². The van der Waals surface area contributed by atoms with Crippen LogP contribution in [0.1, 0.15) is 48.9 Å². The Balaban J connectivity index is 1.32. The van der Waals surface area contributed by atoms with Gasteiger partial charge in [-0.05, 0) is 73.6 Å². The molecule has 164 valence electrons. The van der Waals surface area contributed by atoms with Gasteiger partial charge in [-0.3, -0.25) is 4.79 Å². The van der Waals surface area contributed by atoms with Crippen LogP contribution in [0.2, 0.25) is 0 Å². The van der Waals surface area contributed by atoms with Crippen molar-refractivity contribution in [2.75, 3.05) is 6.54 Å². The second kappa shape index (κ2) is 8.68. The van der Waals surface area contributed by atoms with Gasteiger partial charge < -0.3 is 15.3 Å². The van der Waals surface area contributed by atoms with Crippen molar-refractivity contribution < 1.29 is 13.2 Å². The van der Waals surface area contributed by atoms with E-state index >= 15 is 0 Å². The monoisotopic (exact) mass is 442 g/mol. The number of nitrogens with one attached hydrogen (secondary N) is 4. The van der Waals surface area contributed by atoms with Crippen LogP contribution in [0.15, 0.2) is 46.1 Å². The predicted octanol–water partition coefficient (Wildman–Crippen LogP) is 2.28. The summed E-state index contributed by atoms with van der Waals surface area (Å²) in [5.74, 6) is -0.261. The summed E-state index contributed by atoms with van der Waals surface area (Å²) in [6, 6.07) is 10.4. The first-order chi connectivity index (χ1) is 14.8. The SMILES string of the molecule is C[C@H](NC(=O)CCNS(=O)(=O)c1ccc2c(c1)CCCC2)c1ccc2[nH]c(=O)[nH]c2c1. The molecule has 3 aromatic rings. The Morgan fingerprint density at radius 3 is 2.58 bits per heavy atom. The van der Waals surface area contributed by atoms with Gasteiger partial charge in [-0.25, -0.2) is 17.9 Å². The number of aryl methyl sites for hydroxylation is 2. The summed E-state index contributed by atoms with van der Waals surface area (Å²) in [6.45, 7) is 1.85. The highest BCUT2D eigenvalue weighted by molar-refractivity contribution is 7.89. The average Bonchev–Trinajstić information content (AvgIpc) is 3.12. The number of hydrogen-bond acceptors (Lipinski definition) is 4. The van der Waals surface area contributed by atoms with Crippen molar-refractivity contribution in [2.45, 2.75) is 50.0 Å². The number of aromatic nitrogens is 2. The zero-order valence-corrected chi connectivity index (χ0v) is 18.1. The molecule has 4 rings (SSSR count). The molecule has 0 saturated heterocycles. The van der Waals surface area contributed by atoms with Gasteiger partial charge in [0.05, 0.1) is 22.0 Å². The number of fused-ring (bicyclic) bond motifs is 2. The molecule has 8 nitrogen and oxygen atoms in total. The van der Waals surface area contributed by atoms with E-state index in [0.717, 1.165) is 36.8 Å². The number of hydrogen-bond donors (Lipinski definition) is 4. The third-order valence-electron chi connectivity index (χ3n) is 5.69. The normalized spacial score (nSPS) is 14.9. The largest absolute Gasteiger partial charge is 0.350 e. The lowest BCUT2D eigenvalue weighted by molar-refractivity contribution is -0.121. The summed E-state index contributed by atoms with van der Waals surface area (Å²) in [5, 5.41) is 2.86. The minimum atomic E-state index is -3.66. The van der Waals surface area contributed by atoms with Gasteiger partial charge in [-0.1, -0.05) is 12.1 Å². The lowest BCUT2D eigenvalue weighted by Crippen LogP contribution is -2.32. The number of imidazole rings is 1. The van der Waals surface area contributed by atoms with Gasteiger partial charge >= 0.3 is 5.69 Å². The Morgan fingerprint density at radius 2 is 1.77 bits per heavy atom. The number of aromatic amines is 2. The molecule has 1 aliphatic carbocycles. The summed E-state index contributed by atoms with van der Waals surface area (Å²) in [5.41, 5.74) is 4.24. The Hall–Kier alpha value is -2.91. The van der Waals surface area contributed by atoms with Gasteiger partial charge in [0.1, 0.15) is 0 Å². The van der Waals surface area contributed by atoms with Crippen LogP contribution in [0.5, 0.6) is 0 Å². The van der Waals surface area contributed by atoms with Gasteiger partial charge in [0, 0.05) is 13.0 Å². The van der Waals surface area contributed by atoms with Crippen LogP contribution in [0.3, 0.4) is 0 Å². The molecule has 1 aliphatic rings. The second-order valence-corrected chi connectivity index (χ2v) is 9.73. The Labute approximate surface area is 180 Å². The molecule has 0 spiro atoms. The van der Waals surface area contributed by atoms with E-state index in [9.17, 15) is 18.0 Å². The quantitative estimate of drug-likeness (QED) is 0.448. The van der Waals surface area contributed by atoms with E-state index in [1.165, 1.54) is 5.56 Å². The van der Waals surface area contributed by atoms with E-state index in [1.54, 1.807) is 24.3 Å². The molecule has 0 fully saturated rings. The molecule has 2 aromatic carbocycles. The fraction of sp³-hybridized carbons (Fsp3) is 0.364. The third-order valence-corrected chi connectivity index (χ3v) is 7.15. The average molecular weight is 443 g/mol. The van der Waals surface area contributed by atoms with Crippen LogP contribution < -0.4 is 15.7 Å². The van der Waals surface area contributed by atoms with Gasteiger partial charge in [-0.2, -0.15) is 0 Å². The van der Waals surface area contributed by atoms with Crippen LogP contribution in [0.4, 0.5) is 0 Å². The van der Waals surface area contributed by atoms with Gasteiger partial charge in [-0.15, -0.1) is 0 Å². The Kier molecular flexibility index (Phi) is 5.97. The van der Waals surface area contributed by atoms with Crippen molar-refractivity contribution in [1.29, 1.82) is 0 Å². The maximum absolute atomic E-state index is 12.6. The first-order valence-corrected chi connectivity index (χ1v) is 11.9. The molecule has 1 aromatic heterocycles. The fourth-order valence-electron chi connectivity index (χ4n) is 3.98. The van der Waals surface area contributed by atoms with E-state index in [2.05, 4.69) is 20.0 Å². The van der Waals surface area contributed by atoms with Gasteiger partial charge in [0.2, 0.25) is 15.9 Å². The third kappa shape index (κ3) is 4.88. The number of amides is 1. The van der Waals surface area contributed by atoms with Crippen molar-refractivity contribution in [3.8, 4) is 0 Å². The molecule has 0 saturated carbocycles.